The smallest absolute Gasteiger partial charge is 0.165 e. The molecule has 0 amide bonds. The van der Waals surface area contributed by atoms with Crippen LogP contribution in [-0.4, -0.2) is 34.2 Å². The van der Waals surface area contributed by atoms with Crippen LogP contribution in [0.5, 0.6) is 5.75 Å². The summed E-state index contributed by atoms with van der Waals surface area (Å²) in [6, 6.07) is 11.0. The molecule has 0 radical (unpaired) electrons. The molecule has 2 heterocycles. The van der Waals surface area contributed by atoms with E-state index in [2.05, 4.69) is 15.0 Å². The molecule has 0 atom stereocenters. The summed E-state index contributed by atoms with van der Waals surface area (Å²) in [5, 5.41) is 9.95. The lowest BCUT2D eigenvalue weighted by atomic mass is 10.1. The van der Waals surface area contributed by atoms with Crippen LogP contribution in [-0.2, 0) is 0 Å². The van der Waals surface area contributed by atoms with E-state index < -0.39 is 0 Å². The van der Waals surface area contributed by atoms with Gasteiger partial charge in [0, 0.05) is 26.5 Å². The largest absolute Gasteiger partial charge is 0.507 e. The van der Waals surface area contributed by atoms with E-state index in [-0.39, 0.29) is 5.75 Å². The van der Waals surface area contributed by atoms with Gasteiger partial charge in [0.15, 0.2) is 5.82 Å². The highest BCUT2D eigenvalue weighted by Gasteiger charge is 2.14. The Morgan fingerprint density at radius 1 is 1.05 bits per heavy atom. The zero-order valence-corrected chi connectivity index (χ0v) is 11.9. The number of anilines is 1. The Bertz CT molecular complexity index is 751. The first-order valence-corrected chi connectivity index (χ1v) is 6.63. The molecule has 0 unspecified atom stereocenters. The van der Waals surface area contributed by atoms with Crippen LogP contribution >= 0.6 is 0 Å². The van der Waals surface area contributed by atoms with Crippen molar-refractivity contribution in [3.63, 3.8) is 0 Å². The van der Waals surface area contributed by atoms with E-state index in [1.807, 2.05) is 43.4 Å². The van der Waals surface area contributed by atoms with Gasteiger partial charge >= 0.3 is 0 Å². The Morgan fingerprint density at radius 3 is 2.52 bits per heavy atom. The Hall–Kier alpha value is -2.82. The molecule has 2 N–H and O–H groups in total. The van der Waals surface area contributed by atoms with E-state index in [4.69, 9.17) is 0 Å². The second-order valence-electron chi connectivity index (χ2n) is 4.93. The molecule has 0 fully saturated rings. The standard InChI is InChI=1S/C16H16N4O/c1-20(2)16-12(13-7-5-9-17-13)10-18-15(19-16)11-6-3-4-8-14(11)21/h3-10,17,21H,1-2H3. The highest BCUT2D eigenvalue weighted by atomic mass is 16.3. The van der Waals surface area contributed by atoms with Crippen LogP contribution in [0.4, 0.5) is 5.82 Å². The van der Waals surface area contributed by atoms with Gasteiger partial charge in [-0.05, 0) is 24.3 Å². The molecule has 3 rings (SSSR count). The van der Waals surface area contributed by atoms with Gasteiger partial charge in [-0.3, -0.25) is 0 Å². The van der Waals surface area contributed by atoms with Crippen LogP contribution < -0.4 is 4.90 Å². The topological polar surface area (TPSA) is 65.0 Å². The number of aromatic amines is 1. The molecule has 0 saturated carbocycles. The molecule has 21 heavy (non-hydrogen) atoms. The minimum Gasteiger partial charge on any atom is -0.507 e. The number of para-hydroxylation sites is 1. The van der Waals surface area contributed by atoms with Gasteiger partial charge < -0.3 is 15.0 Å². The molecular weight excluding hydrogens is 264 g/mol. The molecule has 5 nitrogen and oxygen atoms in total. The summed E-state index contributed by atoms with van der Waals surface area (Å²) < 4.78 is 0. The number of hydrogen-bond donors (Lipinski definition) is 2. The Morgan fingerprint density at radius 2 is 1.86 bits per heavy atom. The number of H-pyrrole nitrogens is 1. The van der Waals surface area contributed by atoms with Gasteiger partial charge in [-0.1, -0.05) is 12.1 Å². The monoisotopic (exact) mass is 280 g/mol. The van der Waals surface area contributed by atoms with Gasteiger partial charge in [-0.2, -0.15) is 0 Å². The molecule has 0 aliphatic carbocycles. The van der Waals surface area contributed by atoms with Crippen molar-refractivity contribution in [2.24, 2.45) is 0 Å². The van der Waals surface area contributed by atoms with Crippen molar-refractivity contribution in [2.45, 2.75) is 0 Å². The van der Waals surface area contributed by atoms with Crippen LogP contribution in [0.15, 0.2) is 48.8 Å². The summed E-state index contributed by atoms with van der Waals surface area (Å²) in [6.45, 7) is 0. The number of nitrogens with zero attached hydrogens (tertiary/aromatic N) is 3. The third-order valence-corrected chi connectivity index (χ3v) is 3.23. The first-order valence-electron chi connectivity index (χ1n) is 6.63. The number of phenolic OH excluding ortho intramolecular Hbond substituents is 1. The number of hydrogen-bond acceptors (Lipinski definition) is 4. The molecular formula is C16H16N4O. The first-order chi connectivity index (χ1) is 10.2. The third-order valence-electron chi connectivity index (χ3n) is 3.23. The van der Waals surface area contributed by atoms with E-state index in [1.165, 1.54) is 0 Å². The fraction of sp³-hybridized carbons (Fsp3) is 0.125. The number of benzene rings is 1. The van der Waals surface area contributed by atoms with E-state index in [9.17, 15) is 5.11 Å². The van der Waals surface area contributed by atoms with Crippen LogP contribution in [0.25, 0.3) is 22.6 Å². The van der Waals surface area contributed by atoms with Gasteiger partial charge in [0.1, 0.15) is 11.6 Å². The molecule has 106 valence electrons. The van der Waals surface area contributed by atoms with E-state index in [1.54, 1.807) is 24.4 Å². The van der Waals surface area contributed by atoms with Gasteiger partial charge in [0.25, 0.3) is 0 Å². The van der Waals surface area contributed by atoms with Crippen molar-refractivity contribution >= 4 is 5.82 Å². The highest BCUT2D eigenvalue weighted by Crippen LogP contribution is 2.31. The summed E-state index contributed by atoms with van der Waals surface area (Å²) >= 11 is 0. The first kappa shape index (κ1) is 13.2. The summed E-state index contributed by atoms with van der Waals surface area (Å²) in [5.74, 6) is 1.48. The van der Waals surface area contributed by atoms with E-state index in [0.717, 1.165) is 17.1 Å². The van der Waals surface area contributed by atoms with Crippen molar-refractivity contribution in [3.8, 4) is 28.4 Å². The lowest BCUT2D eigenvalue weighted by Gasteiger charge is -2.16. The van der Waals surface area contributed by atoms with Gasteiger partial charge in [-0.15, -0.1) is 0 Å². The predicted octanol–water partition coefficient (Wildman–Crippen LogP) is 2.91. The summed E-state index contributed by atoms with van der Waals surface area (Å²) in [6.07, 6.45) is 3.64. The number of nitrogens with one attached hydrogen (secondary N) is 1. The van der Waals surface area contributed by atoms with Crippen molar-refractivity contribution in [3.05, 3.63) is 48.8 Å². The molecule has 0 spiro atoms. The fourth-order valence-corrected chi connectivity index (χ4v) is 2.19. The minimum absolute atomic E-state index is 0.176. The maximum absolute atomic E-state index is 9.95. The average Bonchev–Trinajstić information content (AvgIpc) is 3.01. The summed E-state index contributed by atoms with van der Waals surface area (Å²) in [4.78, 5) is 14.1. The maximum Gasteiger partial charge on any atom is 0.165 e. The van der Waals surface area contributed by atoms with Crippen LogP contribution in [0, 0.1) is 0 Å². The van der Waals surface area contributed by atoms with Gasteiger partial charge in [0.05, 0.1) is 16.8 Å². The second kappa shape index (κ2) is 5.28. The molecule has 5 heteroatoms. The van der Waals surface area contributed by atoms with Gasteiger partial charge in [-0.25, -0.2) is 9.97 Å². The molecule has 1 aromatic carbocycles. The van der Waals surface area contributed by atoms with Crippen molar-refractivity contribution in [1.82, 2.24) is 15.0 Å². The van der Waals surface area contributed by atoms with Crippen LogP contribution in [0.3, 0.4) is 0 Å². The molecule has 0 aliphatic heterocycles. The number of aromatic hydroxyl groups is 1. The molecule has 2 aromatic heterocycles. The Balaban J connectivity index is 2.14. The summed E-state index contributed by atoms with van der Waals surface area (Å²) in [5.41, 5.74) is 2.50. The Kier molecular flexibility index (Phi) is 3.31. The van der Waals surface area contributed by atoms with E-state index in [0.29, 0.717) is 11.4 Å². The number of aromatic nitrogens is 3. The lowest BCUT2D eigenvalue weighted by Crippen LogP contribution is -2.13. The predicted molar refractivity (Wildman–Crippen MR) is 83.2 cm³/mol. The molecule has 0 bridgehead atoms. The molecule has 0 aliphatic rings. The van der Waals surface area contributed by atoms with Crippen LogP contribution in [0.1, 0.15) is 0 Å². The fourth-order valence-electron chi connectivity index (χ4n) is 2.19. The number of phenols is 1. The van der Waals surface area contributed by atoms with E-state index >= 15 is 0 Å². The van der Waals surface area contributed by atoms with Crippen LogP contribution in [0.2, 0.25) is 0 Å². The third kappa shape index (κ3) is 2.45. The van der Waals surface area contributed by atoms with Crippen molar-refractivity contribution < 1.29 is 5.11 Å². The molecule has 3 aromatic rings. The van der Waals surface area contributed by atoms with Crippen molar-refractivity contribution in [1.29, 1.82) is 0 Å². The van der Waals surface area contributed by atoms with Gasteiger partial charge in [0.2, 0.25) is 0 Å². The van der Waals surface area contributed by atoms with Crippen molar-refractivity contribution in [2.75, 3.05) is 19.0 Å². The minimum atomic E-state index is 0.176. The SMILES string of the molecule is CN(C)c1nc(-c2ccccc2O)ncc1-c1ccc[nH]1. The maximum atomic E-state index is 9.95. The lowest BCUT2D eigenvalue weighted by molar-refractivity contribution is 0.477. The Labute approximate surface area is 122 Å². The number of rotatable bonds is 3. The zero-order chi connectivity index (χ0) is 14.8. The second-order valence-corrected chi connectivity index (χ2v) is 4.93. The highest BCUT2D eigenvalue weighted by molar-refractivity contribution is 5.75. The summed E-state index contributed by atoms with van der Waals surface area (Å²) in [7, 11) is 3.87. The molecule has 0 saturated heterocycles. The zero-order valence-electron chi connectivity index (χ0n) is 11.9. The normalized spacial score (nSPS) is 10.6. The quantitative estimate of drug-likeness (QED) is 0.774. The average molecular weight is 280 g/mol.